The van der Waals surface area contributed by atoms with Gasteiger partial charge in [0.1, 0.15) is 0 Å². The Kier molecular flexibility index (Phi) is 8.14. The third-order valence-corrected chi connectivity index (χ3v) is 9.76. The van der Waals surface area contributed by atoms with Gasteiger partial charge < -0.3 is 10.6 Å². The molecule has 2 nitrogen and oxygen atoms in total. The van der Waals surface area contributed by atoms with E-state index in [1.165, 1.54) is 77.2 Å². The van der Waals surface area contributed by atoms with E-state index < -0.39 is 0 Å². The smallest absolute Gasteiger partial charge is 0.0386 e. The van der Waals surface area contributed by atoms with Crippen molar-refractivity contribution in [1.29, 1.82) is 0 Å². The van der Waals surface area contributed by atoms with Crippen molar-refractivity contribution in [3.8, 4) is 33.4 Å². The summed E-state index contributed by atoms with van der Waals surface area (Å²) in [4.78, 5) is 0. The molecule has 0 saturated carbocycles. The number of fused-ring (bicyclic) bond motifs is 2. The highest BCUT2D eigenvalue weighted by atomic mass is 14.9. The monoisotopic (exact) mass is 644 g/mol. The van der Waals surface area contributed by atoms with Gasteiger partial charge in [-0.15, -0.1) is 0 Å². The average Bonchev–Trinajstić information content (AvgIpc) is 3.12. The molecule has 0 fully saturated rings. The minimum Gasteiger partial charge on any atom is -0.356 e. The number of hydrogen-bond donors (Lipinski definition) is 2. The molecule has 8 aromatic rings. The first-order valence-corrected chi connectivity index (χ1v) is 17.3. The highest BCUT2D eigenvalue weighted by molar-refractivity contribution is 6.09. The molecule has 0 aliphatic rings. The van der Waals surface area contributed by atoms with Crippen molar-refractivity contribution in [2.75, 3.05) is 10.6 Å². The van der Waals surface area contributed by atoms with E-state index in [2.05, 4.69) is 196 Å². The van der Waals surface area contributed by atoms with Gasteiger partial charge in [-0.25, -0.2) is 0 Å². The minimum atomic E-state index is 1.08. The van der Waals surface area contributed by atoms with Gasteiger partial charge in [0.15, 0.2) is 0 Å². The predicted octanol–water partition coefficient (Wildman–Crippen LogP) is 13.7. The molecule has 0 saturated heterocycles. The first-order chi connectivity index (χ1) is 24.4. The maximum Gasteiger partial charge on any atom is 0.0386 e. The lowest BCUT2D eigenvalue weighted by molar-refractivity contribution is 1.44. The van der Waals surface area contributed by atoms with Crippen molar-refractivity contribution in [2.45, 2.75) is 27.7 Å². The Morgan fingerprint density at radius 2 is 0.720 bits per heavy atom. The third kappa shape index (κ3) is 6.24. The van der Waals surface area contributed by atoms with Crippen LogP contribution in [0.15, 0.2) is 158 Å². The fraction of sp³-hybridized carbons (Fsp3) is 0.0833. The molecule has 0 aromatic heterocycles. The molecule has 0 aliphatic carbocycles. The van der Waals surface area contributed by atoms with Crippen LogP contribution in [0.1, 0.15) is 22.3 Å². The van der Waals surface area contributed by atoms with Gasteiger partial charge >= 0.3 is 0 Å². The topological polar surface area (TPSA) is 24.1 Å². The lowest BCUT2D eigenvalue weighted by Crippen LogP contribution is -1.93. The van der Waals surface area contributed by atoms with Gasteiger partial charge in [0, 0.05) is 22.7 Å². The van der Waals surface area contributed by atoms with Gasteiger partial charge in [-0.1, -0.05) is 97.1 Å². The normalized spacial score (nSPS) is 11.2. The maximum atomic E-state index is 3.53. The van der Waals surface area contributed by atoms with E-state index in [1.807, 2.05) is 0 Å². The Bertz CT molecular complexity index is 2330. The Labute approximate surface area is 295 Å². The third-order valence-electron chi connectivity index (χ3n) is 9.76. The Morgan fingerprint density at radius 3 is 1.12 bits per heavy atom. The zero-order valence-electron chi connectivity index (χ0n) is 29.0. The fourth-order valence-electron chi connectivity index (χ4n) is 7.17. The predicted molar refractivity (Wildman–Crippen MR) is 216 cm³/mol. The maximum absolute atomic E-state index is 3.53. The first-order valence-electron chi connectivity index (χ1n) is 17.3. The van der Waals surface area contributed by atoms with Crippen molar-refractivity contribution in [1.82, 2.24) is 0 Å². The van der Waals surface area contributed by atoms with E-state index in [4.69, 9.17) is 0 Å². The van der Waals surface area contributed by atoms with Gasteiger partial charge in [-0.3, -0.25) is 0 Å². The van der Waals surface area contributed by atoms with Gasteiger partial charge in [0.05, 0.1) is 0 Å². The first kappa shape index (κ1) is 31.2. The van der Waals surface area contributed by atoms with Crippen molar-refractivity contribution in [2.24, 2.45) is 0 Å². The number of hydrogen-bond acceptors (Lipinski definition) is 2. The van der Waals surface area contributed by atoms with Crippen LogP contribution >= 0.6 is 0 Å². The van der Waals surface area contributed by atoms with E-state index >= 15 is 0 Å². The quantitative estimate of drug-likeness (QED) is 0.180. The second-order valence-corrected chi connectivity index (χ2v) is 13.5. The van der Waals surface area contributed by atoms with Crippen LogP contribution in [0, 0.1) is 27.7 Å². The summed E-state index contributed by atoms with van der Waals surface area (Å²) >= 11 is 0. The Balaban J connectivity index is 1.10. The van der Waals surface area contributed by atoms with Crippen LogP contribution in [0.2, 0.25) is 0 Å². The molecular weight excluding hydrogens is 605 g/mol. The molecule has 50 heavy (non-hydrogen) atoms. The summed E-state index contributed by atoms with van der Waals surface area (Å²) in [5, 5.41) is 12.1. The van der Waals surface area contributed by atoms with Gasteiger partial charge in [-0.2, -0.15) is 0 Å². The molecule has 0 amide bonds. The van der Waals surface area contributed by atoms with Gasteiger partial charge in [0.25, 0.3) is 0 Å². The zero-order chi connectivity index (χ0) is 34.2. The summed E-state index contributed by atoms with van der Waals surface area (Å²) < 4.78 is 0. The van der Waals surface area contributed by atoms with Crippen molar-refractivity contribution in [3.63, 3.8) is 0 Å². The summed E-state index contributed by atoms with van der Waals surface area (Å²) in [5.74, 6) is 0. The molecule has 242 valence electrons. The highest BCUT2D eigenvalue weighted by Gasteiger charge is 2.15. The molecule has 0 atom stereocenters. The molecule has 8 aromatic carbocycles. The second-order valence-electron chi connectivity index (χ2n) is 13.5. The van der Waals surface area contributed by atoms with E-state index in [0.717, 1.165) is 22.7 Å². The molecular formula is C48H40N2. The van der Waals surface area contributed by atoms with Crippen molar-refractivity contribution in [3.05, 3.63) is 180 Å². The largest absolute Gasteiger partial charge is 0.356 e. The molecule has 0 unspecified atom stereocenters. The number of aryl methyl sites for hydroxylation is 4. The van der Waals surface area contributed by atoms with Crippen LogP contribution in [0.4, 0.5) is 22.7 Å². The molecule has 2 N–H and O–H groups in total. The van der Waals surface area contributed by atoms with Gasteiger partial charge in [0.2, 0.25) is 0 Å². The van der Waals surface area contributed by atoms with Crippen LogP contribution in [-0.2, 0) is 0 Å². The molecule has 0 bridgehead atoms. The lowest BCUT2D eigenvalue weighted by atomic mass is 9.86. The van der Waals surface area contributed by atoms with Crippen molar-refractivity contribution >= 4 is 44.3 Å². The summed E-state index contributed by atoms with van der Waals surface area (Å²) in [6.45, 7) is 8.71. The zero-order valence-corrected chi connectivity index (χ0v) is 29.0. The van der Waals surface area contributed by atoms with Crippen molar-refractivity contribution < 1.29 is 0 Å². The number of rotatable bonds is 7. The number of nitrogens with one attached hydrogen (secondary N) is 2. The van der Waals surface area contributed by atoms with Crippen LogP contribution in [0.5, 0.6) is 0 Å². The lowest BCUT2D eigenvalue weighted by Gasteiger charge is -2.17. The number of benzene rings is 8. The SMILES string of the molecule is Cc1cccc(Nc2ccc(-c3ccc4c(-c5c(C)ccc6cc(-c7ccc(Nc8cccc(C)c8)cc7)ccc56)c(C)ccc4c3)cc2)c1. The molecule has 0 heterocycles. The molecule has 0 spiro atoms. The van der Waals surface area contributed by atoms with Gasteiger partial charge in [-0.05, 0) is 166 Å². The average molecular weight is 645 g/mol. The Hall–Kier alpha value is -6.12. The summed E-state index contributed by atoms with van der Waals surface area (Å²) in [6, 6.07) is 57.3. The molecule has 2 heteroatoms. The van der Waals surface area contributed by atoms with E-state index in [1.54, 1.807) is 0 Å². The fourth-order valence-corrected chi connectivity index (χ4v) is 7.17. The summed E-state index contributed by atoms with van der Waals surface area (Å²) in [5.41, 5.74) is 16.9. The second kappa shape index (κ2) is 13.1. The Morgan fingerprint density at radius 1 is 0.320 bits per heavy atom. The van der Waals surface area contributed by atoms with Crippen LogP contribution in [-0.4, -0.2) is 0 Å². The summed E-state index contributed by atoms with van der Waals surface area (Å²) in [6.07, 6.45) is 0. The number of anilines is 4. The van der Waals surface area contributed by atoms with E-state index in [9.17, 15) is 0 Å². The minimum absolute atomic E-state index is 1.08. The molecule has 0 radical (unpaired) electrons. The van der Waals surface area contributed by atoms with Crippen LogP contribution in [0.3, 0.4) is 0 Å². The summed E-state index contributed by atoms with van der Waals surface area (Å²) in [7, 11) is 0. The van der Waals surface area contributed by atoms with Crippen LogP contribution in [0.25, 0.3) is 54.9 Å². The van der Waals surface area contributed by atoms with E-state index in [-0.39, 0.29) is 0 Å². The molecule has 8 rings (SSSR count). The van der Waals surface area contributed by atoms with Crippen LogP contribution < -0.4 is 10.6 Å². The molecule has 0 aliphatic heterocycles. The van der Waals surface area contributed by atoms with E-state index in [0.29, 0.717) is 0 Å². The standard InChI is InChI=1S/C48H40N2/c1-31-7-5-9-43(27-31)49-41-21-15-35(16-22-41)37-19-25-45-39(29-37)13-11-33(3)47(45)48-34(4)12-14-40-30-38(20-26-46(40)48)36-17-23-42(24-18-36)50-44-10-6-8-32(2)28-44/h5-30,49-50H,1-4H3. The highest BCUT2D eigenvalue weighted by Crippen LogP contribution is 2.41.